The van der Waals surface area contributed by atoms with E-state index in [4.69, 9.17) is 0 Å². The Morgan fingerprint density at radius 1 is 0.667 bits per heavy atom. The van der Waals surface area contributed by atoms with Crippen molar-refractivity contribution in [3.05, 3.63) is 72.3 Å². The molecule has 0 bridgehead atoms. The lowest BCUT2D eigenvalue weighted by molar-refractivity contribution is 0.977. The van der Waals surface area contributed by atoms with Gasteiger partial charge in [0.15, 0.2) is 11.6 Å². The Morgan fingerprint density at radius 2 is 1.29 bits per heavy atom. The summed E-state index contributed by atoms with van der Waals surface area (Å²) in [4.78, 5) is 17.1. The van der Waals surface area contributed by atoms with Gasteiger partial charge >= 0.3 is 0 Å². The van der Waals surface area contributed by atoms with Gasteiger partial charge in [-0.15, -0.1) is 0 Å². The molecule has 2 aromatic heterocycles. The first-order chi connectivity index (χ1) is 10.4. The quantitative estimate of drug-likeness (QED) is 0.736. The highest BCUT2D eigenvalue weighted by molar-refractivity contribution is 5.43. The van der Waals surface area contributed by atoms with Crippen LogP contribution in [0, 0.1) is 0 Å². The molecule has 4 heteroatoms. The second kappa shape index (κ2) is 5.05. The third kappa shape index (κ3) is 2.40. The van der Waals surface area contributed by atoms with Crippen LogP contribution >= 0.6 is 0 Å². The largest absolute Gasteiger partial charge is 0.234 e. The molecule has 1 aromatic carbocycles. The molecule has 0 N–H and O–H groups in total. The van der Waals surface area contributed by atoms with Gasteiger partial charge < -0.3 is 0 Å². The van der Waals surface area contributed by atoms with Crippen molar-refractivity contribution >= 4 is 0 Å². The van der Waals surface area contributed by atoms with Crippen LogP contribution < -0.4 is 0 Å². The molecule has 1 aliphatic rings. The predicted octanol–water partition coefficient (Wildman–Crippen LogP) is 3.20. The molecule has 0 amide bonds. The van der Waals surface area contributed by atoms with Gasteiger partial charge in [-0.25, -0.2) is 19.9 Å². The zero-order valence-corrected chi connectivity index (χ0v) is 11.4. The molecule has 2 heterocycles. The highest BCUT2D eigenvalue weighted by Gasteiger charge is 2.39. The van der Waals surface area contributed by atoms with Crippen LogP contribution in [0.2, 0.25) is 0 Å². The van der Waals surface area contributed by atoms with Crippen LogP contribution in [0.3, 0.4) is 0 Å². The molecule has 4 nitrogen and oxygen atoms in total. The van der Waals surface area contributed by atoms with Gasteiger partial charge in [-0.3, -0.25) is 0 Å². The summed E-state index contributed by atoms with van der Waals surface area (Å²) in [7, 11) is 0. The van der Waals surface area contributed by atoms with E-state index in [1.54, 1.807) is 18.5 Å². The molecule has 0 radical (unpaired) electrons. The SMILES string of the molecule is c1ccc(C2CC2c2cnc(-c3ncccn3)nc2)cc1. The second-order valence-electron chi connectivity index (χ2n) is 5.27. The van der Waals surface area contributed by atoms with E-state index in [9.17, 15) is 0 Å². The van der Waals surface area contributed by atoms with Crippen molar-refractivity contribution in [1.29, 1.82) is 0 Å². The summed E-state index contributed by atoms with van der Waals surface area (Å²) in [5.74, 6) is 2.29. The summed E-state index contributed by atoms with van der Waals surface area (Å²) in [6, 6.07) is 12.4. The molecule has 102 valence electrons. The number of nitrogens with zero attached hydrogens (tertiary/aromatic N) is 4. The maximum absolute atomic E-state index is 4.40. The smallest absolute Gasteiger partial charge is 0.197 e. The normalized spacial score (nSPS) is 20.2. The van der Waals surface area contributed by atoms with E-state index in [-0.39, 0.29) is 0 Å². The summed E-state index contributed by atoms with van der Waals surface area (Å²) in [6.45, 7) is 0. The summed E-state index contributed by atoms with van der Waals surface area (Å²) in [5, 5.41) is 0. The molecule has 1 aliphatic carbocycles. The van der Waals surface area contributed by atoms with Crippen LogP contribution in [0.1, 0.15) is 29.4 Å². The molecule has 3 aromatic rings. The Labute approximate surface area is 123 Å². The van der Waals surface area contributed by atoms with Crippen molar-refractivity contribution in [2.24, 2.45) is 0 Å². The van der Waals surface area contributed by atoms with Crippen LogP contribution in [0.25, 0.3) is 11.6 Å². The lowest BCUT2D eigenvalue weighted by Gasteiger charge is -2.02. The molecular formula is C17H14N4. The highest BCUT2D eigenvalue weighted by Crippen LogP contribution is 2.54. The first-order valence-electron chi connectivity index (χ1n) is 7.06. The van der Waals surface area contributed by atoms with E-state index < -0.39 is 0 Å². The predicted molar refractivity (Wildman–Crippen MR) is 79.6 cm³/mol. The maximum atomic E-state index is 4.40. The van der Waals surface area contributed by atoms with E-state index in [1.165, 1.54) is 17.5 Å². The third-order valence-electron chi connectivity index (χ3n) is 3.88. The Bertz CT molecular complexity index is 726. The van der Waals surface area contributed by atoms with Crippen LogP contribution in [-0.4, -0.2) is 19.9 Å². The first-order valence-corrected chi connectivity index (χ1v) is 7.06. The van der Waals surface area contributed by atoms with Gasteiger partial charge in [0.1, 0.15) is 0 Å². The van der Waals surface area contributed by atoms with Gasteiger partial charge in [0, 0.05) is 24.8 Å². The molecule has 1 fully saturated rings. The van der Waals surface area contributed by atoms with E-state index in [2.05, 4.69) is 50.3 Å². The van der Waals surface area contributed by atoms with E-state index >= 15 is 0 Å². The molecule has 0 aliphatic heterocycles. The monoisotopic (exact) mass is 274 g/mol. The fourth-order valence-corrected chi connectivity index (χ4v) is 2.69. The number of benzene rings is 1. The standard InChI is InChI=1S/C17H14N4/c1-2-5-12(6-3-1)14-9-15(14)13-10-20-17(21-11-13)16-18-7-4-8-19-16/h1-8,10-11,14-15H,9H2. The number of hydrogen-bond donors (Lipinski definition) is 0. The molecule has 1 saturated carbocycles. The van der Waals surface area contributed by atoms with Crippen LogP contribution in [0.15, 0.2) is 61.2 Å². The Hall–Kier alpha value is -2.62. The fraction of sp³-hybridized carbons (Fsp3) is 0.176. The summed E-state index contributed by atoms with van der Waals surface area (Å²) in [5.41, 5.74) is 2.60. The number of rotatable bonds is 3. The van der Waals surface area contributed by atoms with Gasteiger partial charge in [0.2, 0.25) is 0 Å². The van der Waals surface area contributed by atoms with Crippen molar-refractivity contribution in [2.75, 3.05) is 0 Å². The van der Waals surface area contributed by atoms with Gasteiger partial charge in [-0.1, -0.05) is 30.3 Å². The van der Waals surface area contributed by atoms with Crippen LogP contribution in [0.5, 0.6) is 0 Å². The fourth-order valence-electron chi connectivity index (χ4n) is 2.69. The molecule has 2 unspecified atom stereocenters. The third-order valence-corrected chi connectivity index (χ3v) is 3.88. The minimum atomic E-state index is 0.540. The zero-order valence-electron chi connectivity index (χ0n) is 11.4. The van der Waals surface area contributed by atoms with Crippen LogP contribution in [0.4, 0.5) is 0 Å². The Kier molecular flexibility index (Phi) is 2.92. The van der Waals surface area contributed by atoms with E-state index in [0.29, 0.717) is 23.5 Å². The molecule has 21 heavy (non-hydrogen) atoms. The van der Waals surface area contributed by atoms with Crippen molar-refractivity contribution in [3.63, 3.8) is 0 Å². The molecular weight excluding hydrogens is 260 g/mol. The van der Waals surface area contributed by atoms with Gasteiger partial charge in [-0.05, 0) is 35.4 Å². The van der Waals surface area contributed by atoms with Gasteiger partial charge in [0.25, 0.3) is 0 Å². The second-order valence-corrected chi connectivity index (χ2v) is 5.27. The van der Waals surface area contributed by atoms with Gasteiger partial charge in [0.05, 0.1) is 0 Å². The van der Waals surface area contributed by atoms with Crippen molar-refractivity contribution in [1.82, 2.24) is 19.9 Å². The Balaban J connectivity index is 1.54. The zero-order chi connectivity index (χ0) is 14.1. The van der Waals surface area contributed by atoms with Crippen molar-refractivity contribution in [3.8, 4) is 11.6 Å². The highest BCUT2D eigenvalue weighted by atomic mass is 15.0. The van der Waals surface area contributed by atoms with Crippen molar-refractivity contribution in [2.45, 2.75) is 18.3 Å². The summed E-state index contributed by atoms with van der Waals surface area (Å²) in [6.07, 6.45) is 8.39. The topological polar surface area (TPSA) is 51.6 Å². The van der Waals surface area contributed by atoms with E-state index in [0.717, 1.165) is 0 Å². The lowest BCUT2D eigenvalue weighted by Crippen LogP contribution is -1.95. The molecule has 0 spiro atoms. The average molecular weight is 274 g/mol. The molecule has 2 atom stereocenters. The maximum Gasteiger partial charge on any atom is 0.197 e. The lowest BCUT2D eigenvalue weighted by atomic mass is 10.1. The average Bonchev–Trinajstić information content (AvgIpc) is 3.37. The number of aromatic nitrogens is 4. The van der Waals surface area contributed by atoms with Crippen molar-refractivity contribution < 1.29 is 0 Å². The minimum Gasteiger partial charge on any atom is -0.234 e. The van der Waals surface area contributed by atoms with Crippen LogP contribution in [-0.2, 0) is 0 Å². The molecule has 0 saturated heterocycles. The number of hydrogen-bond acceptors (Lipinski definition) is 4. The van der Waals surface area contributed by atoms with Gasteiger partial charge in [-0.2, -0.15) is 0 Å². The first kappa shape index (κ1) is 12.1. The summed E-state index contributed by atoms with van der Waals surface area (Å²) >= 11 is 0. The van der Waals surface area contributed by atoms with E-state index in [1.807, 2.05) is 12.4 Å². The Morgan fingerprint density at radius 3 is 2.00 bits per heavy atom. The minimum absolute atomic E-state index is 0.540. The molecule has 4 rings (SSSR count). The summed E-state index contributed by atoms with van der Waals surface area (Å²) < 4.78 is 0.